The van der Waals surface area contributed by atoms with Gasteiger partial charge in [-0.2, -0.15) is 10.1 Å². The highest BCUT2D eigenvalue weighted by Gasteiger charge is 2.39. The van der Waals surface area contributed by atoms with Gasteiger partial charge in [-0.25, -0.2) is 0 Å². The molecule has 0 fully saturated rings. The van der Waals surface area contributed by atoms with Crippen molar-refractivity contribution in [2.75, 3.05) is 19.2 Å². The van der Waals surface area contributed by atoms with Gasteiger partial charge in [0.1, 0.15) is 17.4 Å². The van der Waals surface area contributed by atoms with E-state index in [1.54, 1.807) is 56.7 Å². The van der Waals surface area contributed by atoms with Crippen molar-refractivity contribution in [3.63, 3.8) is 0 Å². The van der Waals surface area contributed by atoms with E-state index >= 15 is 0 Å². The first-order chi connectivity index (χ1) is 13.5. The summed E-state index contributed by atoms with van der Waals surface area (Å²) in [6, 6.07) is 10.5. The lowest BCUT2D eigenvalue weighted by atomic mass is 9.96. The number of amides is 1. The SMILES string of the molecule is COC(=O)CC1=NN(c2ccc(OC)cc2)C(=O)C1C(C)=NCc1ccco1. The van der Waals surface area contributed by atoms with E-state index in [1.165, 1.54) is 12.1 Å². The maximum absolute atomic E-state index is 13.1. The number of methoxy groups -OCH3 is 2. The fraction of sp³-hybridized carbons (Fsp3) is 0.300. The van der Waals surface area contributed by atoms with Gasteiger partial charge in [-0.15, -0.1) is 0 Å². The van der Waals surface area contributed by atoms with Crippen LogP contribution in [0.4, 0.5) is 5.69 Å². The molecule has 0 saturated heterocycles. The maximum Gasteiger partial charge on any atom is 0.311 e. The maximum atomic E-state index is 13.1. The fourth-order valence-electron chi connectivity index (χ4n) is 2.88. The number of carbonyl (C=O) groups is 2. The van der Waals surface area contributed by atoms with Crippen LogP contribution in [0.3, 0.4) is 0 Å². The van der Waals surface area contributed by atoms with E-state index in [4.69, 9.17) is 13.9 Å². The Morgan fingerprint density at radius 2 is 2.00 bits per heavy atom. The van der Waals surface area contributed by atoms with Crippen molar-refractivity contribution in [1.82, 2.24) is 0 Å². The highest BCUT2D eigenvalue weighted by molar-refractivity contribution is 6.30. The number of furan rings is 1. The molecule has 3 rings (SSSR count). The van der Waals surface area contributed by atoms with Gasteiger partial charge in [0.15, 0.2) is 0 Å². The third-order valence-corrected chi connectivity index (χ3v) is 4.37. The third kappa shape index (κ3) is 4.11. The highest BCUT2D eigenvalue weighted by atomic mass is 16.5. The number of esters is 1. The smallest absolute Gasteiger partial charge is 0.311 e. The molecule has 0 N–H and O–H groups in total. The Labute approximate surface area is 162 Å². The van der Waals surface area contributed by atoms with E-state index in [1.807, 2.05) is 0 Å². The number of hydrogen-bond donors (Lipinski definition) is 0. The van der Waals surface area contributed by atoms with Crippen LogP contribution in [-0.2, 0) is 20.9 Å². The van der Waals surface area contributed by atoms with E-state index in [9.17, 15) is 9.59 Å². The van der Waals surface area contributed by atoms with Crippen LogP contribution in [0.5, 0.6) is 5.75 Å². The summed E-state index contributed by atoms with van der Waals surface area (Å²) in [5, 5.41) is 5.67. The van der Waals surface area contributed by atoms with Crippen LogP contribution in [0, 0.1) is 5.92 Å². The molecule has 1 atom stereocenters. The molecule has 1 aliphatic heterocycles. The molecule has 0 radical (unpaired) electrons. The summed E-state index contributed by atoms with van der Waals surface area (Å²) < 4.78 is 15.2. The Kier molecular flexibility index (Phi) is 5.88. The van der Waals surface area contributed by atoms with Crippen LogP contribution in [0.15, 0.2) is 57.2 Å². The van der Waals surface area contributed by atoms with Crippen LogP contribution in [0.2, 0.25) is 0 Å². The van der Waals surface area contributed by atoms with Gasteiger partial charge in [0.2, 0.25) is 0 Å². The predicted octanol–water partition coefficient (Wildman–Crippen LogP) is 2.83. The van der Waals surface area contributed by atoms with Gasteiger partial charge in [-0.1, -0.05) is 0 Å². The summed E-state index contributed by atoms with van der Waals surface area (Å²) in [5.41, 5.74) is 1.53. The van der Waals surface area contributed by atoms with E-state index in [0.717, 1.165) is 0 Å². The molecule has 28 heavy (non-hydrogen) atoms. The second-order valence-electron chi connectivity index (χ2n) is 6.16. The summed E-state index contributed by atoms with van der Waals surface area (Å²) in [6.07, 6.45) is 1.48. The zero-order chi connectivity index (χ0) is 20.1. The zero-order valence-electron chi connectivity index (χ0n) is 15.9. The number of anilines is 1. The first kappa shape index (κ1) is 19.3. The van der Waals surface area contributed by atoms with Gasteiger partial charge in [-0.3, -0.25) is 14.6 Å². The van der Waals surface area contributed by atoms with Gasteiger partial charge in [0.25, 0.3) is 5.91 Å². The second-order valence-corrected chi connectivity index (χ2v) is 6.16. The lowest BCUT2D eigenvalue weighted by Crippen LogP contribution is -2.33. The molecule has 1 aliphatic rings. The molecule has 2 aromatic rings. The second kappa shape index (κ2) is 8.51. The molecule has 8 heteroatoms. The first-order valence-electron chi connectivity index (χ1n) is 8.69. The van der Waals surface area contributed by atoms with Crippen LogP contribution in [-0.4, -0.2) is 37.5 Å². The molecule has 2 heterocycles. The average Bonchev–Trinajstić information content (AvgIpc) is 3.34. The summed E-state index contributed by atoms with van der Waals surface area (Å²) in [7, 11) is 2.87. The topological polar surface area (TPSA) is 93.7 Å². The molecule has 0 aliphatic carbocycles. The Balaban J connectivity index is 1.88. The number of rotatable bonds is 7. The number of hydrazone groups is 1. The molecule has 1 unspecified atom stereocenters. The number of carbonyl (C=O) groups excluding carboxylic acids is 2. The van der Waals surface area contributed by atoms with E-state index in [0.29, 0.717) is 35.2 Å². The summed E-state index contributed by atoms with van der Waals surface area (Å²) in [6.45, 7) is 2.05. The highest BCUT2D eigenvalue weighted by Crippen LogP contribution is 2.28. The minimum atomic E-state index is -0.726. The van der Waals surface area contributed by atoms with Crippen molar-refractivity contribution < 1.29 is 23.5 Å². The van der Waals surface area contributed by atoms with Crippen LogP contribution >= 0.6 is 0 Å². The van der Waals surface area contributed by atoms with Crippen molar-refractivity contribution in [3.8, 4) is 5.75 Å². The molecule has 0 bridgehead atoms. The minimum Gasteiger partial charge on any atom is -0.497 e. The lowest BCUT2D eigenvalue weighted by Gasteiger charge is -2.15. The normalized spacial score (nSPS) is 16.9. The minimum absolute atomic E-state index is 0.0901. The molecular weight excluding hydrogens is 362 g/mol. The van der Waals surface area contributed by atoms with Crippen LogP contribution in [0.25, 0.3) is 0 Å². The Morgan fingerprint density at radius 1 is 1.25 bits per heavy atom. The molecule has 1 aromatic carbocycles. The molecule has 0 spiro atoms. The molecular formula is C20H21N3O5. The summed E-state index contributed by atoms with van der Waals surface area (Å²) >= 11 is 0. The van der Waals surface area contributed by atoms with Gasteiger partial charge in [-0.05, 0) is 43.3 Å². The zero-order valence-corrected chi connectivity index (χ0v) is 15.9. The standard InChI is InChI=1S/C20H21N3O5/c1-13(21-12-16-5-4-10-28-16)19-17(11-18(24)27-3)22-23(20(19)25)14-6-8-15(26-2)9-7-14/h4-10,19H,11-12H2,1-3H3. The molecule has 1 amide bonds. The molecule has 8 nitrogen and oxygen atoms in total. The number of benzene rings is 1. The Morgan fingerprint density at radius 3 is 2.61 bits per heavy atom. The van der Waals surface area contributed by atoms with Crippen LogP contribution < -0.4 is 9.75 Å². The van der Waals surface area contributed by atoms with Crippen molar-refractivity contribution in [2.45, 2.75) is 19.9 Å². The van der Waals surface area contributed by atoms with Gasteiger partial charge >= 0.3 is 5.97 Å². The monoisotopic (exact) mass is 383 g/mol. The van der Waals surface area contributed by atoms with E-state index < -0.39 is 11.9 Å². The molecule has 0 saturated carbocycles. The van der Waals surface area contributed by atoms with Crippen LogP contribution in [0.1, 0.15) is 19.1 Å². The number of nitrogens with zero attached hydrogens (tertiary/aromatic N) is 3. The number of hydrogen-bond acceptors (Lipinski definition) is 7. The van der Waals surface area contributed by atoms with Crippen molar-refractivity contribution >= 4 is 29.0 Å². The first-order valence-corrected chi connectivity index (χ1v) is 8.69. The molecule has 1 aromatic heterocycles. The Hall–Kier alpha value is -3.42. The van der Waals surface area contributed by atoms with Gasteiger partial charge in [0, 0.05) is 5.71 Å². The number of aliphatic imine (C=N–C) groups is 1. The quantitative estimate of drug-likeness (QED) is 0.541. The summed E-state index contributed by atoms with van der Waals surface area (Å²) in [4.78, 5) is 29.3. The van der Waals surface area contributed by atoms with Gasteiger partial charge < -0.3 is 13.9 Å². The molecule has 146 valence electrons. The van der Waals surface area contributed by atoms with E-state index in [2.05, 4.69) is 10.1 Å². The predicted molar refractivity (Wildman–Crippen MR) is 104 cm³/mol. The number of ether oxygens (including phenoxy) is 2. The lowest BCUT2D eigenvalue weighted by molar-refractivity contribution is -0.139. The average molecular weight is 383 g/mol. The van der Waals surface area contributed by atoms with Gasteiger partial charge in [0.05, 0.1) is 44.8 Å². The van der Waals surface area contributed by atoms with Crippen molar-refractivity contribution in [1.29, 1.82) is 0 Å². The third-order valence-electron chi connectivity index (χ3n) is 4.37. The summed E-state index contributed by atoms with van der Waals surface area (Å²) in [5.74, 6) is -0.113. The van der Waals surface area contributed by atoms with Crippen molar-refractivity contribution in [2.24, 2.45) is 16.0 Å². The largest absolute Gasteiger partial charge is 0.497 e. The Bertz CT molecular complexity index is 900. The van der Waals surface area contributed by atoms with Crippen molar-refractivity contribution in [3.05, 3.63) is 48.4 Å². The van der Waals surface area contributed by atoms with E-state index in [-0.39, 0.29) is 12.3 Å². The fourth-order valence-corrected chi connectivity index (χ4v) is 2.88.